The SMILES string of the molecule is Cc1nc(CSC2CCCCC2)nc(C)c1CN. The summed E-state index contributed by atoms with van der Waals surface area (Å²) < 4.78 is 0. The van der Waals surface area contributed by atoms with Crippen molar-refractivity contribution in [1.29, 1.82) is 0 Å². The minimum Gasteiger partial charge on any atom is -0.326 e. The second-order valence-electron chi connectivity index (χ2n) is 5.06. The highest BCUT2D eigenvalue weighted by Crippen LogP contribution is 2.30. The Morgan fingerprint density at radius 1 is 1.11 bits per heavy atom. The van der Waals surface area contributed by atoms with E-state index >= 15 is 0 Å². The van der Waals surface area contributed by atoms with E-state index in [0.29, 0.717) is 6.54 Å². The molecule has 0 unspecified atom stereocenters. The largest absolute Gasteiger partial charge is 0.326 e. The molecule has 0 aliphatic heterocycles. The van der Waals surface area contributed by atoms with Gasteiger partial charge in [-0.15, -0.1) is 0 Å². The van der Waals surface area contributed by atoms with Gasteiger partial charge in [-0.05, 0) is 26.7 Å². The standard InChI is InChI=1S/C14H23N3S/c1-10-13(8-15)11(2)17-14(16-10)9-18-12-6-4-3-5-7-12/h12H,3-9,15H2,1-2H3. The fraction of sp³-hybridized carbons (Fsp3) is 0.714. The molecule has 18 heavy (non-hydrogen) atoms. The molecule has 1 saturated carbocycles. The van der Waals surface area contributed by atoms with Gasteiger partial charge in [0.2, 0.25) is 0 Å². The molecule has 2 rings (SSSR count). The van der Waals surface area contributed by atoms with Gasteiger partial charge in [0.05, 0.1) is 5.75 Å². The lowest BCUT2D eigenvalue weighted by atomic mass is 10.0. The third-order valence-corrected chi connectivity index (χ3v) is 5.04. The van der Waals surface area contributed by atoms with Crippen molar-refractivity contribution in [3.63, 3.8) is 0 Å². The molecule has 0 saturated heterocycles. The zero-order chi connectivity index (χ0) is 13.0. The highest BCUT2D eigenvalue weighted by Gasteiger charge is 2.15. The molecule has 1 fully saturated rings. The van der Waals surface area contributed by atoms with Crippen molar-refractivity contribution in [2.75, 3.05) is 0 Å². The predicted molar refractivity (Wildman–Crippen MR) is 77.6 cm³/mol. The summed E-state index contributed by atoms with van der Waals surface area (Å²) in [5.74, 6) is 1.91. The van der Waals surface area contributed by atoms with Crippen molar-refractivity contribution >= 4 is 11.8 Å². The average molecular weight is 265 g/mol. The van der Waals surface area contributed by atoms with Crippen LogP contribution >= 0.6 is 11.8 Å². The predicted octanol–water partition coefficient (Wildman–Crippen LogP) is 3.12. The monoisotopic (exact) mass is 265 g/mol. The molecule has 1 heterocycles. The number of rotatable bonds is 4. The first-order valence-corrected chi connectivity index (χ1v) is 7.90. The number of nitrogens with two attached hydrogens (primary N) is 1. The van der Waals surface area contributed by atoms with Crippen molar-refractivity contribution in [3.8, 4) is 0 Å². The van der Waals surface area contributed by atoms with E-state index in [-0.39, 0.29) is 0 Å². The molecule has 0 spiro atoms. The maximum atomic E-state index is 5.71. The van der Waals surface area contributed by atoms with E-state index < -0.39 is 0 Å². The molecule has 2 N–H and O–H groups in total. The quantitative estimate of drug-likeness (QED) is 0.908. The van der Waals surface area contributed by atoms with E-state index in [0.717, 1.165) is 33.8 Å². The van der Waals surface area contributed by atoms with E-state index in [2.05, 4.69) is 9.97 Å². The Bertz CT molecular complexity index is 377. The zero-order valence-electron chi connectivity index (χ0n) is 11.4. The summed E-state index contributed by atoms with van der Waals surface area (Å²) in [6.45, 7) is 4.60. The van der Waals surface area contributed by atoms with Crippen molar-refractivity contribution in [1.82, 2.24) is 9.97 Å². The van der Waals surface area contributed by atoms with Gasteiger partial charge >= 0.3 is 0 Å². The molecular weight excluding hydrogens is 242 g/mol. The summed E-state index contributed by atoms with van der Waals surface area (Å²) in [6, 6.07) is 0. The first-order chi connectivity index (χ1) is 8.70. The highest BCUT2D eigenvalue weighted by molar-refractivity contribution is 7.99. The Morgan fingerprint density at radius 2 is 1.72 bits per heavy atom. The molecule has 1 aromatic heterocycles. The highest BCUT2D eigenvalue weighted by atomic mass is 32.2. The maximum absolute atomic E-state index is 5.71. The van der Waals surface area contributed by atoms with Gasteiger partial charge in [-0.25, -0.2) is 9.97 Å². The van der Waals surface area contributed by atoms with Gasteiger partial charge in [-0.2, -0.15) is 11.8 Å². The summed E-state index contributed by atoms with van der Waals surface area (Å²) in [5, 5.41) is 0.817. The van der Waals surface area contributed by atoms with Gasteiger partial charge in [0.15, 0.2) is 0 Å². The Morgan fingerprint density at radius 3 is 2.28 bits per heavy atom. The topological polar surface area (TPSA) is 51.8 Å². The molecule has 100 valence electrons. The summed E-state index contributed by atoms with van der Waals surface area (Å²) in [5.41, 5.74) is 8.90. The number of hydrogen-bond acceptors (Lipinski definition) is 4. The van der Waals surface area contributed by atoms with E-state index in [1.807, 2.05) is 25.6 Å². The summed E-state index contributed by atoms with van der Waals surface area (Å²) >= 11 is 2.03. The Balaban J connectivity index is 1.96. The smallest absolute Gasteiger partial charge is 0.138 e. The maximum Gasteiger partial charge on any atom is 0.138 e. The molecule has 3 nitrogen and oxygen atoms in total. The van der Waals surface area contributed by atoms with Crippen molar-refractivity contribution in [2.24, 2.45) is 5.73 Å². The average Bonchev–Trinajstić information content (AvgIpc) is 2.37. The summed E-state index contributed by atoms with van der Waals surface area (Å²) in [7, 11) is 0. The molecule has 0 amide bonds. The second-order valence-corrected chi connectivity index (χ2v) is 6.35. The van der Waals surface area contributed by atoms with Crippen LogP contribution < -0.4 is 5.73 Å². The fourth-order valence-electron chi connectivity index (χ4n) is 2.59. The van der Waals surface area contributed by atoms with Gasteiger partial charge in [-0.1, -0.05) is 19.3 Å². The second kappa shape index (κ2) is 6.53. The molecule has 4 heteroatoms. The van der Waals surface area contributed by atoms with Crippen LogP contribution in [0.15, 0.2) is 0 Å². The lowest BCUT2D eigenvalue weighted by Gasteiger charge is -2.20. The van der Waals surface area contributed by atoms with Crippen LogP contribution in [0, 0.1) is 13.8 Å². The van der Waals surface area contributed by atoms with E-state index in [4.69, 9.17) is 5.73 Å². The van der Waals surface area contributed by atoms with Crippen LogP contribution in [-0.4, -0.2) is 15.2 Å². The van der Waals surface area contributed by atoms with E-state index in [1.165, 1.54) is 32.1 Å². The van der Waals surface area contributed by atoms with Crippen LogP contribution in [0.25, 0.3) is 0 Å². The van der Waals surface area contributed by atoms with Crippen LogP contribution in [0.5, 0.6) is 0 Å². The molecule has 0 atom stereocenters. The Hall–Kier alpha value is -0.610. The van der Waals surface area contributed by atoms with Crippen molar-refractivity contribution in [3.05, 3.63) is 22.8 Å². The lowest BCUT2D eigenvalue weighted by molar-refractivity contribution is 0.516. The van der Waals surface area contributed by atoms with Crippen LogP contribution in [0.4, 0.5) is 0 Å². The molecule has 0 radical (unpaired) electrons. The number of aromatic nitrogens is 2. The van der Waals surface area contributed by atoms with Crippen LogP contribution in [0.3, 0.4) is 0 Å². The number of nitrogens with zero attached hydrogens (tertiary/aromatic N) is 2. The number of aryl methyl sites for hydroxylation is 2. The number of hydrogen-bond donors (Lipinski definition) is 1. The van der Waals surface area contributed by atoms with Gasteiger partial charge in [0.1, 0.15) is 5.82 Å². The lowest BCUT2D eigenvalue weighted by Crippen LogP contribution is -2.11. The third-order valence-electron chi connectivity index (χ3n) is 3.67. The van der Waals surface area contributed by atoms with Crippen LogP contribution in [0.1, 0.15) is 54.9 Å². The first kappa shape index (κ1) is 13.8. The molecular formula is C14H23N3S. The molecule has 1 aromatic rings. The minimum atomic E-state index is 0.535. The molecule has 0 bridgehead atoms. The van der Waals surface area contributed by atoms with E-state index in [9.17, 15) is 0 Å². The van der Waals surface area contributed by atoms with Crippen LogP contribution in [0.2, 0.25) is 0 Å². The fourth-order valence-corrected chi connectivity index (χ4v) is 3.77. The van der Waals surface area contributed by atoms with E-state index in [1.54, 1.807) is 0 Å². The minimum absolute atomic E-state index is 0.535. The van der Waals surface area contributed by atoms with Gasteiger partial charge in [0.25, 0.3) is 0 Å². The normalized spacial score (nSPS) is 17.1. The van der Waals surface area contributed by atoms with Crippen molar-refractivity contribution in [2.45, 2.75) is 63.5 Å². The Labute approximate surface area is 114 Å². The first-order valence-electron chi connectivity index (χ1n) is 6.85. The van der Waals surface area contributed by atoms with Gasteiger partial charge in [0, 0.05) is 28.7 Å². The zero-order valence-corrected chi connectivity index (χ0v) is 12.2. The van der Waals surface area contributed by atoms with Crippen LogP contribution in [-0.2, 0) is 12.3 Å². The summed E-state index contributed by atoms with van der Waals surface area (Å²) in [6.07, 6.45) is 6.93. The summed E-state index contributed by atoms with van der Waals surface area (Å²) in [4.78, 5) is 9.15. The molecule has 0 aromatic carbocycles. The molecule has 1 aliphatic carbocycles. The van der Waals surface area contributed by atoms with Gasteiger partial charge in [-0.3, -0.25) is 0 Å². The Kier molecular flexibility index (Phi) is 5.01. The van der Waals surface area contributed by atoms with Gasteiger partial charge < -0.3 is 5.73 Å². The number of thioether (sulfide) groups is 1. The molecule has 1 aliphatic rings. The third kappa shape index (κ3) is 3.45. The van der Waals surface area contributed by atoms with Crippen molar-refractivity contribution < 1.29 is 0 Å².